The van der Waals surface area contributed by atoms with E-state index in [2.05, 4.69) is 4.74 Å². The van der Waals surface area contributed by atoms with Crippen molar-refractivity contribution in [2.24, 2.45) is 0 Å². The zero-order valence-electron chi connectivity index (χ0n) is 8.27. The summed E-state index contributed by atoms with van der Waals surface area (Å²) in [5.41, 5.74) is 2.17. The standard InChI is InChI=1S/C12H10O2S/c1-14-12(13)11-7-10(8-15-11)9-5-3-2-4-6-9/h2-8H,1H3. The first kappa shape index (κ1) is 9.93. The van der Waals surface area contributed by atoms with Gasteiger partial charge in [-0.1, -0.05) is 30.3 Å². The average Bonchev–Trinajstić information content (AvgIpc) is 2.78. The Morgan fingerprint density at radius 3 is 2.60 bits per heavy atom. The summed E-state index contributed by atoms with van der Waals surface area (Å²) in [5.74, 6) is -0.276. The molecule has 0 saturated carbocycles. The number of hydrogen-bond donors (Lipinski definition) is 0. The van der Waals surface area contributed by atoms with Gasteiger partial charge in [0.05, 0.1) is 7.11 Å². The number of esters is 1. The Morgan fingerprint density at radius 1 is 1.20 bits per heavy atom. The molecule has 1 aromatic heterocycles. The number of hydrogen-bond acceptors (Lipinski definition) is 3. The van der Waals surface area contributed by atoms with Crippen LogP contribution in [0.2, 0.25) is 0 Å². The van der Waals surface area contributed by atoms with Crippen LogP contribution in [0.1, 0.15) is 9.67 Å². The highest BCUT2D eigenvalue weighted by Gasteiger charge is 2.09. The van der Waals surface area contributed by atoms with Crippen molar-refractivity contribution in [1.29, 1.82) is 0 Å². The third-order valence-corrected chi connectivity index (χ3v) is 3.00. The Hall–Kier alpha value is -1.61. The van der Waals surface area contributed by atoms with Crippen molar-refractivity contribution >= 4 is 17.3 Å². The summed E-state index contributed by atoms with van der Waals surface area (Å²) in [6.07, 6.45) is 0. The van der Waals surface area contributed by atoms with E-state index in [1.807, 2.05) is 41.8 Å². The van der Waals surface area contributed by atoms with Gasteiger partial charge >= 0.3 is 5.97 Å². The number of rotatable bonds is 2. The van der Waals surface area contributed by atoms with Gasteiger partial charge in [0.2, 0.25) is 0 Å². The fourth-order valence-electron chi connectivity index (χ4n) is 1.33. The summed E-state index contributed by atoms with van der Waals surface area (Å²) >= 11 is 1.40. The molecule has 1 aromatic carbocycles. The molecule has 2 aromatic rings. The maximum Gasteiger partial charge on any atom is 0.348 e. The minimum atomic E-state index is -0.276. The minimum Gasteiger partial charge on any atom is -0.465 e. The number of benzene rings is 1. The summed E-state index contributed by atoms with van der Waals surface area (Å²) < 4.78 is 4.66. The normalized spacial score (nSPS) is 9.93. The molecule has 0 atom stereocenters. The van der Waals surface area contributed by atoms with Gasteiger partial charge in [0.25, 0.3) is 0 Å². The number of methoxy groups -OCH3 is 1. The van der Waals surface area contributed by atoms with Gasteiger partial charge in [0.15, 0.2) is 0 Å². The van der Waals surface area contributed by atoms with E-state index in [0.717, 1.165) is 11.1 Å². The number of carbonyl (C=O) groups is 1. The molecular formula is C12H10O2S. The van der Waals surface area contributed by atoms with E-state index in [-0.39, 0.29) is 5.97 Å². The van der Waals surface area contributed by atoms with Crippen molar-refractivity contribution in [3.8, 4) is 11.1 Å². The van der Waals surface area contributed by atoms with Crippen LogP contribution in [0.5, 0.6) is 0 Å². The zero-order chi connectivity index (χ0) is 10.7. The lowest BCUT2D eigenvalue weighted by atomic mass is 10.1. The van der Waals surface area contributed by atoms with E-state index in [4.69, 9.17) is 0 Å². The van der Waals surface area contributed by atoms with Gasteiger partial charge < -0.3 is 4.74 Å². The molecule has 0 amide bonds. The molecule has 2 nitrogen and oxygen atoms in total. The highest BCUT2D eigenvalue weighted by Crippen LogP contribution is 2.25. The van der Waals surface area contributed by atoms with E-state index in [1.165, 1.54) is 18.4 Å². The van der Waals surface area contributed by atoms with Gasteiger partial charge in [0.1, 0.15) is 4.88 Å². The van der Waals surface area contributed by atoms with Crippen molar-refractivity contribution < 1.29 is 9.53 Å². The maximum atomic E-state index is 11.2. The molecule has 0 N–H and O–H groups in total. The fourth-order valence-corrected chi connectivity index (χ4v) is 2.16. The third kappa shape index (κ3) is 2.07. The summed E-state index contributed by atoms with van der Waals surface area (Å²) in [7, 11) is 1.39. The topological polar surface area (TPSA) is 26.3 Å². The predicted octanol–water partition coefficient (Wildman–Crippen LogP) is 3.20. The monoisotopic (exact) mass is 218 g/mol. The van der Waals surface area contributed by atoms with Crippen LogP contribution in [-0.4, -0.2) is 13.1 Å². The molecule has 2 rings (SSSR count). The molecule has 1 heterocycles. The SMILES string of the molecule is COC(=O)c1cc(-c2ccccc2)cs1. The molecule has 0 saturated heterocycles. The third-order valence-electron chi connectivity index (χ3n) is 2.09. The summed E-state index contributed by atoms with van der Waals surface area (Å²) in [6.45, 7) is 0. The van der Waals surface area contributed by atoms with Gasteiger partial charge in [0, 0.05) is 0 Å². The second kappa shape index (κ2) is 4.28. The predicted molar refractivity (Wildman–Crippen MR) is 61.1 cm³/mol. The van der Waals surface area contributed by atoms with Crippen LogP contribution in [0.4, 0.5) is 0 Å². The Morgan fingerprint density at radius 2 is 1.93 bits per heavy atom. The van der Waals surface area contributed by atoms with Crippen molar-refractivity contribution in [2.75, 3.05) is 7.11 Å². The molecule has 0 spiro atoms. The molecule has 76 valence electrons. The number of carbonyl (C=O) groups excluding carboxylic acids is 1. The van der Waals surface area contributed by atoms with Crippen molar-refractivity contribution in [2.45, 2.75) is 0 Å². The fraction of sp³-hybridized carbons (Fsp3) is 0.0833. The van der Waals surface area contributed by atoms with Crippen LogP contribution in [0.25, 0.3) is 11.1 Å². The lowest BCUT2D eigenvalue weighted by Crippen LogP contribution is -1.96. The van der Waals surface area contributed by atoms with Crippen LogP contribution in [0.15, 0.2) is 41.8 Å². The first-order chi connectivity index (χ1) is 7.31. The molecule has 0 aliphatic heterocycles. The van der Waals surface area contributed by atoms with Gasteiger partial charge in [-0.2, -0.15) is 0 Å². The lowest BCUT2D eigenvalue weighted by Gasteiger charge is -1.95. The molecule has 15 heavy (non-hydrogen) atoms. The van der Waals surface area contributed by atoms with Crippen molar-refractivity contribution in [3.63, 3.8) is 0 Å². The smallest absolute Gasteiger partial charge is 0.348 e. The Balaban J connectivity index is 2.32. The van der Waals surface area contributed by atoms with E-state index < -0.39 is 0 Å². The summed E-state index contributed by atoms with van der Waals surface area (Å²) in [4.78, 5) is 11.9. The number of ether oxygens (including phenoxy) is 1. The molecule has 0 aliphatic rings. The highest BCUT2D eigenvalue weighted by molar-refractivity contribution is 7.12. The Bertz CT molecular complexity index is 459. The van der Waals surface area contributed by atoms with Gasteiger partial charge in [-0.05, 0) is 22.6 Å². The molecule has 0 radical (unpaired) electrons. The van der Waals surface area contributed by atoms with Gasteiger partial charge in [-0.25, -0.2) is 4.79 Å². The summed E-state index contributed by atoms with van der Waals surface area (Å²) in [5, 5.41) is 1.96. The van der Waals surface area contributed by atoms with Crippen LogP contribution in [-0.2, 0) is 4.74 Å². The highest BCUT2D eigenvalue weighted by atomic mass is 32.1. The van der Waals surface area contributed by atoms with E-state index in [0.29, 0.717) is 4.88 Å². The minimum absolute atomic E-state index is 0.276. The molecule has 0 fully saturated rings. The maximum absolute atomic E-state index is 11.2. The second-order valence-electron chi connectivity index (χ2n) is 3.06. The van der Waals surface area contributed by atoms with Gasteiger partial charge in [-0.3, -0.25) is 0 Å². The molecule has 0 bridgehead atoms. The van der Waals surface area contributed by atoms with E-state index in [1.54, 1.807) is 0 Å². The Labute approximate surface area is 92.1 Å². The molecule has 3 heteroatoms. The quantitative estimate of drug-likeness (QED) is 0.723. The van der Waals surface area contributed by atoms with Crippen LogP contribution in [0, 0.1) is 0 Å². The first-order valence-electron chi connectivity index (χ1n) is 4.53. The second-order valence-corrected chi connectivity index (χ2v) is 3.97. The molecule has 0 unspecified atom stereocenters. The summed E-state index contributed by atoms with van der Waals surface area (Å²) in [6, 6.07) is 11.8. The zero-order valence-corrected chi connectivity index (χ0v) is 9.08. The largest absolute Gasteiger partial charge is 0.465 e. The lowest BCUT2D eigenvalue weighted by molar-refractivity contribution is 0.0606. The molecular weight excluding hydrogens is 208 g/mol. The number of thiophene rings is 1. The van der Waals surface area contributed by atoms with Crippen LogP contribution < -0.4 is 0 Å². The first-order valence-corrected chi connectivity index (χ1v) is 5.41. The molecule has 0 aliphatic carbocycles. The average molecular weight is 218 g/mol. The van der Waals surface area contributed by atoms with Crippen molar-refractivity contribution in [3.05, 3.63) is 46.7 Å². The van der Waals surface area contributed by atoms with Crippen LogP contribution in [0.3, 0.4) is 0 Å². The van der Waals surface area contributed by atoms with E-state index in [9.17, 15) is 4.79 Å². The van der Waals surface area contributed by atoms with Crippen LogP contribution >= 0.6 is 11.3 Å². The van der Waals surface area contributed by atoms with E-state index >= 15 is 0 Å². The van der Waals surface area contributed by atoms with Crippen molar-refractivity contribution in [1.82, 2.24) is 0 Å². The Kier molecular flexibility index (Phi) is 2.83. The van der Waals surface area contributed by atoms with Gasteiger partial charge in [-0.15, -0.1) is 11.3 Å².